The van der Waals surface area contributed by atoms with Gasteiger partial charge in [-0.15, -0.1) is 11.3 Å². The summed E-state index contributed by atoms with van der Waals surface area (Å²) >= 11 is 0.961. The van der Waals surface area contributed by atoms with Crippen molar-refractivity contribution in [3.8, 4) is 0 Å². The number of thiophene rings is 1. The van der Waals surface area contributed by atoms with Crippen LogP contribution in [0.4, 0.5) is 8.78 Å². The molecular formula is C33H37F2N4O7PS. The zero-order valence-electron chi connectivity index (χ0n) is 26.5. The van der Waals surface area contributed by atoms with Gasteiger partial charge in [0.25, 0.3) is 5.91 Å². The molecule has 4 heterocycles. The average Bonchev–Trinajstić information content (AvgIpc) is 3.77. The van der Waals surface area contributed by atoms with Crippen LogP contribution in [0, 0.1) is 0 Å². The van der Waals surface area contributed by atoms with Gasteiger partial charge in [0.15, 0.2) is 0 Å². The molecule has 3 saturated heterocycles. The number of hydrogen-bond donors (Lipinski definition) is 3. The van der Waals surface area contributed by atoms with E-state index >= 15 is 0 Å². The van der Waals surface area contributed by atoms with E-state index < -0.39 is 42.7 Å². The zero-order chi connectivity index (χ0) is 34.6. The van der Waals surface area contributed by atoms with Gasteiger partial charge in [0.2, 0.25) is 17.7 Å². The third kappa shape index (κ3) is 6.26. The molecule has 0 spiro atoms. The van der Waals surface area contributed by atoms with E-state index in [2.05, 4.69) is 24.4 Å². The van der Waals surface area contributed by atoms with E-state index in [1.165, 1.54) is 24.0 Å². The van der Waals surface area contributed by atoms with Crippen LogP contribution in [0.5, 0.6) is 0 Å². The zero-order valence-corrected chi connectivity index (χ0v) is 28.2. The summed E-state index contributed by atoms with van der Waals surface area (Å²) in [6.45, 7) is 4.83. The van der Waals surface area contributed by atoms with Crippen molar-refractivity contribution in [2.75, 3.05) is 26.2 Å². The number of carbonyl (C=O) groups is 4. The molecule has 4 amide bonds. The van der Waals surface area contributed by atoms with Gasteiger partial charge < -0.3 is 29.8 Å². The summed E-state index contributed by atoms with van der Waals surface area (Å²) in [4.78, 5) is 77.6. The van der Waals surface area contributed by atoms with Gasteiger partial charge in [-0.25, -0.2) is 0 Å². The fourth-order valence-electron chi connectivity index (χ4n) is 7.19. The molecule has 11 nitrogen and oxygen atoms in total. The molecule has 0 radical (unpaired) electrons. The minimum absolute atomic E-state index is 0.0775. The maximum atomic E-state index is 14.4. The molecule has 3 aliphatic rings. The Morgan fingerprint density at radius 3 is 2.44 bits per heavy atom. The summed E-state index contributed by atoms with van der Waals surface area (Å²) < 4.78 is 40.5. The second kappa shape index (κ2) is 12.6. The van der Waals surface area contributed by atoms with E-state index in [4.69, 9.17) is 9.79 Å². The standard InChI is InChI=1S/C33H37F2N4O7PS/c1-20(40)37-14-12-24-9-10-26(31(43)38-15-13-32(2,19-38)22-6-4-3-5-7-22)39(24)30(42)25(18-37)36-29(41)28-17-21-16-23(8-11-27(21)48-28)33(34,35)47(44,45)46/h3-8,11,16-17,24-26H,9-10,12-15,18-19H2,1-2H3,(H,36,41)(H2,44,45,46)/t24-,25+,26+,32?/m1/s1. The molecule has 0 bridgehead atoms. The third-order valence-corrected chi connectivity index (χ3v) is 12.0. The molecule has 6 rings (SSSR count). The van der Waals surface area contributed by atoms with Crippen LogP contribution in [0.1, 0.15) is 60.3 Å². The van der Waals surface area contributed by atoms with Crippen LogP contribution in [0.15, 0.2) is 54.6 Å². The minimum atomic E-state index is -5.79. The second-order valence-electron chi connectivity index (χ2n) is 13.2. The fraction of sp³-hybridized carbons (Fsp3) is 0.455. The molecule has 2 aromatic carbocycles. The SMILES string of the molecule is CC(=O)N1CC[C@H]2CC[C@@H](C(=O)N3CCC(C)(c4ccccc4)C3)N2C(=O)[C@@H](NC(=O)c2cc3cc(C(F)(F)P(=O)(O)O)ccc3s2)C1. The molecule has 0 saturated carbocycles. The maximum absolute atomic E-state index is 14.4. The molecular weight excluding hydrogens is 665 g/mol. The summed E-state index contributed by atoms with van der Waals surface area (Å²) in [5, 5.41) is 2.90. The van der Waals surface area contributed by atoms with Crippen LogP contribution >= 0.6 is 18.9 Å². The van der Waals surface area contributed by atoms with E-state index in [0.717, 1.165) is 35.5 Å². The van der Waals surface area contributed by atoms with Crippen molar-refractivity contribution in [2.45, 2.75) is 68.7 Å². The van der Waals surface area contributed by atoms with Crippen molar-refractivity contribution in [3.63, 3.8) is 0 Å². The van der Waals surface area contributed by atoms with Crippen LogP contribution in [-0.2, 0) is 30.0 Å². The molecule has 4 atom stereocenters. The number of nitrogens with zero attached hydrogens (tertiary/aromatic N) is 3. The van der Waals surface area contributed by atoms with Crippen LogP contribution in [0.3, 0.4) is 0 Å². The molecule has 3 N–H and O–H groups in total. The lowest BCUT2D eigenvalue weighted by Crippen LogP contribution is -2.61. The quantitative estimate of drug-likeness (QED) is 0.329. The lowest BCUT2D eigenvalue weighted by atomic mass is 9.82. The number of nitrogens with one attached hydrogen (secondary N) is 1. The van der Waals surface area contributed by atoms with Crippen molar-refractivity contribution >= 4 is 52.6 Å². The highest BCUT2D eigenvalue weighted by Crippen LogP contribution is 2.59. The van der Waals surface area contributed by atoms with E-state index in [1.807, 2.05) is 23.1 Å². The third-order valence-electron chi connectivity index (χ3n) is 9.93. The lowest BCUT2D eigenvalue weighted by Gasteiger charge is -2.39. The Morgan fingerprint density at radius 2 is 1.75 bits per heavy atom. The fourth-order valence-corrected chi connectivity index (χ4v) is 8.61. The van der Waals surface area contributed by atoms with Crippen molar-refractivity contribution < 1.29 is 42.3 Å². The van der Waals surface area contributed by atoms with Gasteiger partial charge in [0.1, 0.15) is 12.1 Å². The summed E-state index contributed by atoms with van der Waals surface area (Å²) in [5.74, 6) is -1.55. The first-order chi connectivity index (χ1) is 22.6. The number of rotatable bonds is 6. The highest BCUT2D eigenvalue weighted by molar-refractivity contribution is 7.52. The number of benzene rings is 2. The van der Waals surface area contributed by atoms with Crippen LogP contribution in [0.25, 0.3) is 10.1 Å². The highest BCUT2D eigenvalue weighted by Gasteiger charge is 2.51. The number of halogens is 2. The van der Waals surface area contributed by atoms with Gasteiger partial charge in [0, 0.05) is 54.8 Å². The van der Waals surface area contributed by atoms with Crippen LogP contribution in [-0.4, -0.2) is 92.4 Å². The largest absolute Gasteiger partial charge is 0.399 e. The van der Waals surface area contributed by atoms with Crippen molar-refractivity contribution in [1.82, 2.24) is 20.0 Å². The van der Waals surface area contributed by atoms with Crippen LogP contribution < -0.4 is 5.32 Å². The Kier molecular flexibility index (Phi) is 8.99. The second-order valence-corrected chi connectivity index (χ2v) is 15.9. The Labute approximate surface area is 280 Å². The van der Waals surface area contributed by atoms with E-state index in [1.54, 1.807) is 4.90 Å². The summed E-state index contributed by atoms with van der Waals surface area (Å²) in [7, 11) is -5.79. The first-order valence-electron chi connectivity index (χ1n) is 15.8. The Morgan fingerprint density at radius 1 is 1.02 bits per heavy atom. The first-order valence-corrected chi connectivity index (χ1v) is 18.2. The minimum Gasteiger partial charge on any atom is -0.340 e. The van der Waals surface area contributed by atoms with Gasteiger partial charge in [-0.1, -0.05) is 43.3 Å². The van der Waals surface area contributed by atoms with E-state index in [0.29, 0.717) is 43.6 Å². The van der Waals surface area contributed by atoms with Crippen molar-refractivity contribution in [1.29, 1.82) is 0 Å². The monoisotopic (exact) mass is 702 g/mol. The molecule has 15 heteroatoms. The average molecular weight is 703 g/mol. The van der Waals surface area contributed by atoms with E-state index in [9.17, 15) is 32.5 Å². The Balaban J connectivity index is 1.23. The topological polar surface area (TPSA) is 148 Å². The maximum Gasteiger partial charge on any atom is 0.399 e. The van der Waals surface area contributed by atoms with Crippen molar-refractivity contribution in [3.05, 3.63) is 70.6 Å². The predicted octanol–water partition coefficient (Wildman–Crippen LogP) is 4.03. The molecule has 0 aliphatic carbocycles. The van der Waals surface area contributed by atoms with Crippen LogP contribution in [0.2, 0.25) is 0 Å². The number of likely N-dealkylation sites (tertiary alicyclic amines) is 1. The Bertz CT molecular complexity index is 1820. The number of hydrogen-bond acceptors (Lipinski definition) is 6. The summed E-state index contributed by atoms with van der Waals surface area (Å²) in [5.41, 5.74) is -4.38. The normalized spacial score (nSPS) is 25.2. The van der Waals surface area contributed by atoms with Gasteiger partial charge >= 0.3 is 13.3 Å². The molecule has 1 unspecified atom stereocenters. The Hall–Kier alpha value is -3.71. The highest BCUT2D eigenvalue weighted by atomic mass is 32.1. The molecule has 3 fully saturated rings. The van der Waals surface area contributed by atoms with Gasteiger partial charge in [-0.2, -0.15) is 8.78 Å². The number of fused-ring (bicyclic) bond motifs is 2. The van der Waals surface area contributed by atoms with Gasteiger partial charge in [0.05, 0.1) is 4.88 Å². The molecule has 3 aromatic rings. The van der Waals surface area contributed by atoms with Crippen molar-refractivity contribution in [2.24, 2.45) is 0 Å². The number of amides is 4. The number of alkyl halides is 2. The molecule has 256 valence electrons. The number of carbonyl (C=O) groups excluding carboxylic acids is 4. The first kappa shape index (κ1) is 34.2. The smallest absolute Gasteiger partial charge is 0.340 e. The summed E-state index contributed by atoms with van der Waals surface area (Å²) in [6.07, 6.45) is 2.32. The molecule has 1 aromatic heterocycles. The predicted molar refractivity (Wildman–Crippen MR) is 175 cm³/mol. The van der Waals surface area contributed by atoms with Gasteiger partial charge in [-0.3, -0.25) is 23.7 Å². The molecule has 3 aliphatic heterocycles. The molecule has 48 heavy (non-hydrogen) atoms. The lowest BCUT2D eigenvalue weighted by molar-refractivity contribution is -0.148. The van der Waals surface area contributed by atoms with Gasteiger partial charge in [-0.05, 0) is 54.8 Å². The van der Waals surface area contributed by atoms with E-state index in [-0.39, 0.29) is 40.1 Å². The summed E-state index contributed by atoms with van der Waals surface area (Å²) in [6, 6.07) is 12.2.